The van der Waals surface area contributed by atoms with Crippen molar-refractivity contribution in [1.82, 2.24) is 15.3 Å². The molecular formula is C22H22FN3O. The van der Waals surface area contributed by atoms with E-state index < -0.39 is 6.67 Å². The number of hydrogen-bond donors (Lipinski definition) is 1. The van der Waals surface area contributed by atoms with Gasteiger partial charge in [0.2, 0.25) is 0 Å². The number of amides is 1. The number of rotatable bonds is 5. The molecule has 4 rings (SSSR count). The summed E-state index contributed by atoms with van der Waals surface area (Å²) in [5.41, 5.74) is 5.43. The highest BCUT2D eigenvalue weighted by Crippen LogP contribution is 2.42. The quantitative estimate of drug-likeness (QED) is 0.725. The maximum atomic E-state index is 13.6. The zero-order valence-corrected chi connectivity index (χ0v) is 15.6. The highest BCUT2D eigenvalue weighted by atomic mass is 19.1. The molecule has 5 heteroatoms. The van der Waals surface area contributed by atoms with E-state index in [2.05, 4.69) is 21.4 Å². The Kier molecular flexibility index (Phi) is 4.60. The van der Waals surface area contributed by atoms with Crippen molar-refractivity contribution in [3.8, 4) is 0 Å². The number of nitrogens with zero attached hydrogens (tertiary/aromatic N) is 2. The van der Waals surface area contributed by atoms with Gasteiger partial charge in [0.05, 0.1) is 17.8 Å². The molecule has 1 fully saturated rings. The summed E-state index contributed by atoms with van der Waals surface area (Å²) < 4.78 is 13.6. The lowest BCUT2D eigenvalue weighted by Crippen LogP contribution is -2.24. The predicted octanol–water partition coefficient (Wildman–Crippen LogP) is 4.52. The molecule has 27 heavy (non-hydrogen) atoms. The van der Waals surface area contributed by atoms with Gasteiger partial charge in [-0.25, -0.2) is 9.37 Å². The fourth-order valence-electron chi connectivity index (χ4n) is 3.32. The molecule has 1 saturated carbocycles. The van der Waals surface area contributed by atoms with E-state index in [1.165, 1.54) is 5.56 Å². The summed E-state index contributed by atoms with van der Waals surface area (Å²) >= 11 is 0. The third-order valence-electron chi connectivity index (χ3n) is 5.05. The molecule has 1 N–H and O–H groups in total. The standard InChI is InChI=1S/C22H22FN3O/c1-13-3-6-18(24-11-13)12-25-22(27)20-7-14(2)19-9-16(15-4-5-15)8-17(10-23)21(19)26-20/h3,6-9,11,15H,4-5,10,12H2,1-2H3,(H,25,27). The molecule has 4 nitrogen and oxygen atoms in total. The van der Waals surface area contributed by atoms with Gasteiger partial charge in [0.15, 0.2) is 0 Å². The van der Waals surface area contributed by atoms with E-state index in [4.69, 9.17) is 0 Å². The average Bonchev–Trinajstić information content (AvgIpc) is 3.52. The summed E-state index contributed by atoms with van der Waals surface area (Å²) in [4.78, 5) is 21.3. The number of benzene rings is 1. The summed E-state index contributed by atoms with van der Waals surface area (Å²) in [7, 11) is 0. The summed E-state index contributed by atoms with van der Waals surface area (Å²) in [5.74, 6) is 0.266. The fourth-order valence-corrected chi connectivity index (χ4v) is 3.32. The van der Waals surface area contributed by atoms with Crippen LogP contribution in [0, 0.1) is 13.8 Å². The Bertz CT molecular complexity index is 1010. The fraction of sp³-hybridized carbons (Fsp3) is 0.318. The Morgan fingerprint density at radius 2 is 2.04 bits per heavy atom. The first-order valence-electron chi connectivity index (χ1n) is 9.25. The van der Waals surface area contributed by atoms with Gasteiger partial charge in [-0.15, -0.1) is 0 Å². The van der Waals surface area contributed by atoms with E-state index in [0.717, 1.165) is 35.0 Å². The normalized spacial score (nSPS) is 13.7. The molecule has 2 heterocycles. The van der Waals surface area contributed by atoms with E-state index in [-0.39, 0.29) is 5.91 Å². The minimum Gasteiger partial charge on any atom is -0.345 e. The summed E-state index contributed by atoms with van der Waals surface area (Å²) in [6.45, 7) is 3.66. The molecule has 0 spiro atoms. The molecule has 3 aromatic rings. The molecule has 1 aliphatic rings. The number of carbonyl (C=O) groups is 1. The third-order valence-corrected chi connectivity index (χ3v) is 5.05. The smallest absolute Gasteiger partial charge is 0.270 e. The van der Waals surface area contributed by atoms with Crippen LogP contribution in [0.5, 0.6) is 0 Å². The zero-order chi connectivity index (χ0) is 19.0. The van der Waals surface area contributed by atoms with Gasteiger partial charge in [0.1, 0.15) is 12.4 Å². The highest BCUT2D eigenvalue weighted by Gasteiger charge is 2.25. The van der Waals surface area contributed by atoms with Crippen LogP contribution in [0.25, 0.3) is 10.9 Å². The second kappa shape index (κ2) is 7.06. The summed E-state index contributed by atoms with van der Waals surface area (Å²) in [6.07, 6.45) is 4.10. The monoisotopic (exact) mass is 363 g/mol. The molecule has 0 saturated heterocycles. The molecule has 2 aromatic heterocycles. The second-order valence-electron chi connectivity index (χ2n) is 7.32. The Morgan fingerprint density at radius 3 is 2.70 bits per heavy atom. The second-order valence-corrected chi connectivity index (χ2v) is 7.32. The van der Waals surface area contributed by atoms with Crippen LogP contribution in [-0.4, -0.2) is 15.9 Å². The Labute approximate surface area is 157 Å². The topological polar surface area (TPSA) is 54.9 Å². The molecule has 0 aliphatic heterocycles. The van der Waals surface area contributed by atoms with Gasteiger partial charge in [-0.1, -0.05) is 12.1 Å². The number of aryl methyl sites for hydroxylation is 2. The lowest BCUT2D eigenvalue weighted by molar-refractivity contribution is 0.0945. The van der Waals surface area contributed by atoms with Gasteiger partial charge >= 0.3 is 0 Å². The molecule has 0 bridgehead atoms. The SMILES string of the molecule is Cc1ccc(CNC(=O)c2cc(C)c3cc(C4CC4)cc(CF)c3n2)nc1. The van der Waals surface area contributed by atoms with E-state index in [0.29, 0.717) is 29.2 Å². The Morgan fingerprint density at radius 1 is 1.22 bits per heavy atom. The van der Waals surface area contributed by atoms with Crippen LogP contribution in [-0.2, 0) is 13.2 Å². The van der Waals surface area contributed by atoms with Crippen molar-refractivity contribution >= 4 is 16.8 Å². The summed E-state index contributed by atoms with van der Waals surface area (Å²) in [6, 6.07) is 9.63. The van der Waals surface area contributed by atoms with Crippen molar-refractivity contribution in [2.75, 3.05) is 0 Å². The van der Waals surface area contributed by atoms with Crippen LogP contribution in [0.3, 0.4) is 0 Å². The van der Waals surface area contributed by atoms with Gasteiger partial charge in [-0.2, -0.15) is 0 Å². The van der Waals surface area contributed by atoms with Crippen molar-refractivity contribution in [2.45, 2.75) is 45.8 Å². The number of fused-ring (bicyclic) bond motifs is 1. The van der Waals surface area contributed by atoms with Gasteiger partial charge in [0, 0.05) is 17.1 Å². The summed E-state index contributed by atoms with van der Waals surface area (Å²) in [5, 5.41) is 3.78. The lowest BCUT2D eigenvalue weighted by Gasteiger charge is -2.12. The molecule has 1 aliphatic carbocycles. The van der Waals surface area contributed by atoms with Crippen molar-refractivity contribution in [3.63, 3.8) is 0 Å². The van der Waals surface area contributed by atoms with Crippen molar-refractivity contribution in [1.29, 1.82) is 0 Å². The van der Waals surface area contributed by atoms with Gasteiger partial charge in [-0.3, -0.25) is 9.78 Å². The first-order chi connectivity index (χ1) is 13.0. The van der Waals surface area contributed by atoms with E-state index in [1.54, 1.807) is 12.3 Å². The molecule has 0 unspecified atom stereocenters. The number of halogens is 1. The maximum Gasteiger partial charge on any atom is 0.270 e. The van der Waals surface area contributed by atoms with Gasteiger partial charge in [0.25, 0.3) is 5.91 Å². The van der Waals surface area contributed by atoms with Crippen LogP contribution >= 0.6 is 0 Å². The van der Waals surface area contributed by atoms with Crippen LogP contribution in [0.4, 0.5) is 4.39 Å². The van der Waals surface area contributed by atoms with Gasteiger partial charge in [-0.05, 0) is 67.5 Å². The highest BCUT2D eigenvalue weighted by molar-refractivity contribution is 5.96. The first-order valence-corrected chi connectivity index (χ1v) is 9.25. The molecule has 1 amide bonds. The molecule has 0 radical (unpaired) electrons. The number of pyridine rings is 2. The lowest BCUT2D eigenvalue weighted by atomic mass is 9.99. The average molecular weight is 363 g/mol. The van der Waals surface area contributed by atoms with Crippen LogP contribution in [0.2, 0.25) is 0 Å². The van der Waals surface area contributed by atoms with Crippen LogP contribution in [0.1, 0.15) is 57.2 Å². The molecule has 1 aromatic carbocycles. The van der Waals surface area contributed by atoms with Gasteiger partial charge < -0.3 is 5.32 Å². The van der Waals surface area contributed by atoms with Crippen molar-refractivity contribution < 1.29 is 9.18 Å². The molecule has 0 atom stereocenters. The maximum absolute atomic E-state index is 13.6. The van der Waals surface area contributed by atoms with E-state index in [1.807, 2.05) is 32.0 Å². The Hall–Kier alpha value is -2.82. The van der Waals surface area contributed by atoms with Crippen molar-refractivity contribution in [3.05, 3.63) is 70.2 Å². The van der Waals surface area contributed by atoms with Crippen molar-refractivity contribution in [2.24, 2.45) is 0 Å². The minimum absolute atomic E-state index is 0.279. The number of nitrogens with one attached hydrogen (secondary N) is 1. The number of hydrogen-bond acceptors (Lipinski definition) is 3. The van der Waals surface area contributed by atoms with Crippen LogP contribution < -0.4 is 5.32 Å². The Balaban J connectivity index is 1.62. The minimum atomic E-state index is -0.581. The number of carbonyl (C=O) groups excluding carboxylic acids is 1. The van der Waals surface area contributed by atoms with Crippen LogP contribution in [0.15, 0.2) is 36.5 Å². The zero-order valence-electron chi connectivity index (χ0n) is 15.6. The number of alkyl halides is 1. The molecular weight excluding hydrogens is 341 g/mol. The third kappa shape index (κ3) is 3.68. The van der Waals surface area contributed by atoms with E-state index in [9.17, 15) is 9.18 Å². The largest absolute Gasteiger partial charge is 0.345 e. The number of aromatic nitrogens is 2. The predicted molar refractivity (Wildman–Crippen MR) is 103 cm³/mol. The first kappa shape index (κ1) is 17.6. The van der Waals surface area contributed by atoms with E-state index >= 15 is 0 Å². The molecule has 138 valence electrons.